The van der Waals surface area contributed by atoms with Gasteiger partial charge in [-0.15, -0.1) is 11.3 Å². The highest BCUT2D eigenvalue weighted by molar-refractivity contribution is 7.25. The molecule has 0 aliphatic heterocycles. The second kappa shape index (κ2) is 15.2. The maximum atomic E-state index is 6.63. The molecule has 5 aromatic heterocycles. The lowest BCUT2D eigenvalue weighted by atomic mass is 9.96. The van der Waals surface area contributed by atoms with Crippen LogP contribution in [-0.4, -0.2) is 24.1 Å². The van der Waals surface area contributed by atoms with Gasteiger partial charge in [0.2, 0.25) is 5.95 Å². The summed E-state index contributed by atoms with van der Waals surface area (Å²) < 4.78 is 13.7. The van der Waals surface area contributed by atoms with E-state index in [1.807, 2.05) is 47.7 Å². The van der Waals surface area contributed by atoms with Crippen LogP contribution in [0.2, 0.25) is 0 Å². The topological polar surface area (TPSA) is 61.7 Å². The molecule has 0 atom stereocenters. The minimum atomic E-state index is 0.570. The third-order valence-corrected chi connectivity index (χ3v) is 15.1. The van der Waals surface area contributed by atoms with Crippen molar-refractivity contribution in [2.45, 2.75) is 0 Å². The number of furan rings is 1. The quantitative estimate of drug-likeness (QED) is 0.167. The highest BCUT2D eigenvalue weighted by Gasteiger charge is 2.22. The van der Waals surface area contributed by atoms with E-state index in [4.69, 9.17) is 19.4 Å². The lowest BCUT2D eigenvalue weighted by Crippen LogP contribution is -2.06. The van der Waals surface area contributed by atoms with Gasteiger partial charge in [-0.1, -0.05) is 146 Å². The normalized spacial score (nSPS) is 12.0. The van der Waals surface area contributed by atoms with Gasteiger partial charge in [-0.25, -0.2) is 4.98 Å². The number of nitrogens with zero attached hydrogens (tertiary/aromatic N) is 5. The molecule has 70 heavy (non-hydrogen) atoms. The van der Waals surface area contributed by atoms with Gasteiger partial charge in [-0.2, -0.15) is 9.97 Å². The third-order valence-electron chi connectivity index (χ3n) is 14.0. The number of benzene rings is 10. The summed E-state index contributed by atoms with van der Waals surface area (Å²) in [5.41, 5.74) is 13.7. The first-order valence-corrected chi connectivity index (χ1v) is 24.3. The molecule has 0 amide bonds. The first-order chi connectivity index (χ1) is 34.7. The van der Waals surface area contributed by atoms with E-state index in [-0.39, 0.29) is 0 Å². The van der Waals surface area contributed by atoms with E-state index in [9.17, 15) is 0 Å². The summed E-state index contributed by atoms with van der Waals surface area (Å²) in [6, 6.07) is 79.8. The summed E-state index contributed by atoms with van der Waals surface area (Å²) in [7, 11) is 0. The Hall–Kier alpha value is -9.17. The average Bonchev–Trinajstić information content (AvgIpc) is 4.17. The number of thiophene rings is 1. The number of hydrogen-bond acceptors (Lipinski definition) is 5. The van der Waals surface area contributed by atoms with Gasteiger partial charge in [0.15, 0.2) is 11.6 Å². The zero-order chi connectivity index (χ0) is 45.9. The molecule has 0 N–H and O–H groups in total. The van der Waals surface area contributed by atoms with Crippen molar-refractivity contribution in [3.63, 3.8) is 0 Å². The molecule has 0 aliphatic rings. The van der Waals surface area contributed by atoms with Crippen LogP contribution in [0.4, 0.5) is 0 Å². The Kier molecular flexibility index (Phi) is 8.43. The number of fused-ring (bicyclic) bond motifs is 12. The van der Waals surface area contributed by atoms with Gasteiger partial charge < -0.3 is 8.98 Å². The van der Waals surface area contributed by atoms with Crippen molar-refractivity contribution in [1.29, 1.82) is 0 Å². The Morgan fingerprint density at radius 1 is 0.329 bits per heavy atom. The summed E-state index contributed by atoms with van der Waals surface area (Å²) in [6.45, 7) is 0. The van der Waals surface area contributed by atoms with Crippen LogP contribution in [0.3, 0.4) is 0 Å². The third kappa shape index (κ3) is 5.95. The molecule has 0 saturated carbocycles. The second-order valence-electron chi connectivity index (χ2n) is 18.0. The second-order valence-corrected chi connectivity index (χ2v) is 19.0. The Morgan fingerprint density at radius 3 is 1.69 bits per heavy atom. The molecule has 0 bridgehead atoms. The van der Waals surface area contributed by atoms with Gasteiger partial charge in [-0.3, -0.25) is 4.57 Å². The van der Waals surface area contributed by atoms with Crippen molar-refractivity contribution >= 4 is 97.1 Å². The molecule has 0 aliphatic carbocycles. The summed E-state index contributed by atoms with van der Waals surface area (Å²) in [5, 5.41) is 9.34. The van der Waals surface area contributed by atoms with E-state index < -0.39 is 0 Å². The predicted molar refractivity (Wildman–Crippen MR) is 290 cm³/mol. The zero-order valence-corrected chi connectivity index (χ0v) is 38.2. The Bertz CT molecular complexity index is 4530. The Balaban J connectivity index is 0.928. The SMILES string of the molecule is c1ccc(-c2nc(-c3ccccc3)nc(-n3c4ccc(-c5ccc6oc7cccc(-c8ccc9c(c8)c8ccccc8n9-c8ccccc8)c7c6c5)cc4c4cc5sc6ccccc6c5cc43)n2)cc1. The number of hydrogen-bond donors (Lipinski definition) is 0. The van der Waals surface area contributed by atoms with Gasteiger partial charge in [-0.05, 0) is 101 Å². The van der Waals surface area contributed by atoms with Gasteiger partial charge in [0.1, 0.15) is 11.2 Å². The molecule has 10 aromatic carbocycles. The van der Waals surface area contributed by atoms with Crippen molar-refractivity contribution in [2.75, 3.05) is 0 Å². The van der Waals surface area contributed by atoms with E-state index in [2.05, 4.69) is 197 Å². The average molecular weight is 912 g/mol. The monoisotopic (exact) mass is 911 g/mol. The van der Waals surface area contributed by atoms with Gasteiger partial charge in [0.25, 0.3) is 0 Å². The van der Waals surface area contributed by atoms with Gasteiger partial charge in [0, 0.05) is 69.3 Å². The van der Waals surface area contributed by atoms with Crippen molar-refractivity contribution in [3.05, 3.63) is 224 Å². The fraction of sp³-hybridized carbons (Fsp3) is 0. The summed E-state index contributed by atoms with van der Waals surface area (Å²) in [6.07, 6.45) is 0. The summed E-state index contributed by atoms with van der Waals surface area (Å²) in [4.78, 5) is 15.5. The van der Waals surface area contributed by atoms with Crippen molar-refractivity contribution < 1.29 is 4.42 Å². The van der Waals surface area contributed by atoms with E-state index in [1.54, 1.807) is 0 Å². The highest BCUT2D eigenvalue weighted by atomic mass is 32.1. The Labute approximate surface area is 404 Å². The first-order valence-electron chi connectivity index (χ1n) is 23.5. The lowest BCUT2D eigenvalue weighted by Gasteiger charge is -2.11. The summed E-state index contributed by atoms with van der Waals surface area (Å²) in [5.74, 6) is 1.81. The van der Waals surface area contributed by atoms with Crippen LogP contribution < -0.4 is 0 Å². The van der Waals surface area contributed by atoms with Crippen LogP contribution in [0.15, 0.2) is 229 Å². The largest absolute Gasteiger partial charge is 0.456 e. The molecular formula is C63H37N5OS. The zero-order valence-electron chi connectivity index (χ0n) is 37.4. The number of aromatic nitrogens is 5. The molecule has 0 fully saturated rings. The van der Waals surface area contributed by atoms with Crippen molar-refractivity contribution in [1.82, 2.24) is 24.1 Å². The van der Waals surface area contributed by atoms with Crippen LogP contribution in [0.5, 0.6) is 0 Å². The van der Waals surface area contributed by atoms with Gasteiger partial charge >= 0.3 is 0 Å². The van der Waals surface area contributed by atoms with E-state index in [0.717, 1.165) is 82.8 Å². The number of para-hydroxylation sites is 2. The molecule has 0 saturated heterocycles. The molecule has 0 unspecified atom stereocenters. The van der Waals surface area contributed by atoms with E-state index in [0.29, 0.717) is 17.6 Å². The smallest absolute Gasteiger partial charge is 0.238 e. The molecule has 7 heteroatoms. The highest BCUT2D eigenvalue weighted by Crippen LogP contribution is 2.44. The van der Waals surface area contributed by atoms with Crippen molar-refractivity contribution in [2.24, 2.45) is 0 Å². The summed E-state index contributed by atoms with van der Waals surface area (Å²) >= 11 is 1.83. The molecule has 0 radical (unpaired) electrons. The molecule has 6 nitrogen and oxygen atoms in total. The molecule has 15 rings (SSSR count). The first kappa shape index (κ1) is 38.9. The number of rotatable bonds is 6. The van der Waals surface area contributed by atoms with Crippen LogP contribution in [-0.2, 0) is 0 Å². The van der Waals surface area contributed by atoms with Gasteiger partial charge in [0.05, 0.1) is 22.1 Å². The van der Waals surface area contributed by atoms with Crippen LogP contribution in [0.25, 0.3) is 142 Å². The maximum absolute atomic E-state index is 6.63. The molecule has 5 heterocycles. The van der Waals surface area contributed by atoms with Crippen LogP contribution in [0, 0.1) is 0 Å². The molecule has 15 aromatic rings. The van der Waals surface area contributed by atoms with Crippen LogP contribution >= 0.6 is 11.3 Å². The Morgan fingerprint density at radius 2 is 0.914 bits per heavy atom. The molecule has 326 valence electrons. The fourth-order valence-electron chi connectivity index (χ4n) is 10.8. The van der Waals surface area contributed by atoms with E-state index >= 15 is 0 Å². The standard InChI is InChI=1S/C63H37N5OS/c1-4-15-38(16-5-1)61-64-62(39-17-6-2-7-18-39)66-63(65-61)68-54-30-27-40(33-48(54)49-37-59-50(36-55(49)68)46-22-11-13-26-58(46)70-59)41-29-32-56-51(34-41)60-44(23-14-25-57(60)69-56)42-28-31-53-47(35-42)45-21-10-12-24-52(45)67(53)43-19-8-3-9-20-43/h1-37H. The minimum absolute atomic E-state index is 0.570. The molecular weight excluding hydrogens is 875 g/mol. The minimum Gasteiger partial charge on any atom is -0.456 e. The maximum Gasteiger partial charge on any atom is 0.238 e. The lowest BCUT2D eigenvalue weighted by molar-refractivity contribution is 0.669. The molecule has 0 spiro atoms. The van der Waals surface area contributed by atoms with Crippen LogP contribution in [0.1, 0.15) is 0 Å². The van der Waals surface area contributed by atoms with Crippen molar-refractivity contribution in [3.8, 4) is 56.7 Å². The predicted octanol–water partition coefficient (Wildman–Crippen LogP) is 17.0. The fourth-order valence-corrected chi connectivity index (χ4v) is 11.9. The van der Waals surface area contributed by atoms with E-state index in [1.165, 1.54) is 42.0 Å².